The van der Waals surface area contributed by atoms with E-state index in [4.69, 9.17) is 0 Å². The van der Waals surface area contributed by atoms with Gasteiger partial charge in [-0.05, 0) is 19.8 Å². The van der Waals surface area contributed by atoms with Gasteiger partial charge >= 0.3 is 0 Å². The van der Waals surface area contributed by atoms with Crippen molar-refractivity contribution in [2.75, 3.05) is 0 Å². The largest absolute Gasteiger partial charge is 0.349 e. The van der Waals surface area contributed by atoms with Crippen LogP contribution < -0.4 is 5.32 Å². The van der Waals surface area contributed by atoms with Gasteiger partial charge in [0.2, 0.25) is 0 Å². The van der Waals surface area contributed by atoms with Gasteiger partial charge in [-0.1, -0.05) is 57.8 Å². The van der Waals surface area contributed by atoms with Crippen LogP contribution >= 0.6 is 0 Å². The van der Waals surface area contributed by atoms with Crippen molar-refractivity contribution in [1.82, 2.24) is 15.1 Å². The Morgan fingerprint density at radius 3 is 2.00 bits per heavy atom. The molecule has 22 heavy (non-hydrogen) atoms. The molecular formula is C18H31N3O. The van der Waals surface area contributed by atoms with Crippen LogP contribution in [0.5, 0.6) is 0 Å². The quantitative estimate of drug-likeness (QED) is 0.893. The summed E-state index contributed by atoms with van der Waals surface area (Å²) in [7, 11) is 1.86. The fourth-order valence-electron chi connectivity index (χ4n) is 3.39. The molecule has 1 aliphatic rings. The van der Waals surface area contributed by atoms with Crippen molar-refractivity contribution < 1.29 is 4.79 Å². The number of aryl methyl sites for hydroxylation is 2. The summed E-state index contributed by atoms with van der Waals surface area (Å²) in [5.74, 6) is 0.0442. The molecule has 0 aromatic carbocycles. The molecule has 0 unspecified atom stereocenters. The van der Waals surface area contributed by atoms with Gasteiger partial charge in [0.05, 0.1) is 11.3 Å². The Bertz CT molecular complexity index is 455. The summed E-state index contributed by atoms with van der Waals surface area (Å²) in [5.41, 5.74) is 1.53. The molecule has 1 fully saturated rings. The van der Waals surface area contributed by atoms with Crippen LogP contribution in [-0.2, 0) is 7.05 Å². The topological polar surface area (TPSA) is 46.9 Å². The second kappa shape index (κ2) is 8.96. The van der Waals surface area contributed by atoms with Crippen molar-refractivity contribution >= 4 is 5.91 Å². The summed E-state index contributed by atoms with van der Waals surface area (Å²) < 4.78 is 1.71. The lowest BCUT2D eigenvalue weighted by atomic mass is 9.97. The number of rotatable bonds is 2. The lowest BCUT2D eigenvalue weighted by Crippen LogP contribution is -2.35. The molecule has 1 saturated carbocycles. The zero-order chi connectivity index (χ0) is 15.8. The molecule has 0 bridgehead atoms. The number of amides is 1. The van der Waals surface area contributed by atoms with Crippen LogP contribution in [0, 0.1) is 6.92 Å². The van der Waals surface area contributed by atoms with Gasteiger partial charge in [-0.15, -0.1) is 0 Å². The van der Waals surface area contributed by atoms with E-state index >= 15 is 0 Å². The molecule has 1 aromatic rings. The highest BCUT2D eigenvalue weighted by molar-refractivity contribution is 5.95. The van der Waals surface area contributed by atoms with E-state index in [-0.39, 0.29) is 5.91 Å². The highest BCUT2D eigenvalue weighted by Gasteiger charge is 2.17. The summed E-state index contributed by atoms with van der Waals surface area (Å²) >= 11 is 0. The van der Waals surface area contributed by atoms with Gasteiger partial charge in [0.25, 0.3) is 5.91 Å². The van der Waals surface area contributed by atoms with E-state index in [1.165, 1.54) is 57.8 Å². The number of nitrogens with zero attached hydrogens (tertiary/aromatic N) is 2. The predicted octanol–water partition coefficient (Wildman–Crippen LogP) is 4.13. The molecule has 4 nitrogen and oxygen atoms in total. The number of hydrogen-bond acceptors (Lipinski definition) is 2. The first-order valence-corrected chi connectivity index (χ1v) is 8.98. The van der Waals surface area contributed by atoms with Crippen LogP contribution in [0.1, 0.15) is 86.7 Å². The molecule has 0 spiro atoms. The Kier molecular flexibility index (Phi) is 6.94. The molecule has 0 atom stereocenters. The zero-order valence-corrected chi connectivity index (χ0v) is 14.2. The molecule has 0 aliphatic heterocycles. The maximum Gasteiger partial charge on any atom is 0.254 e. The first kappa shape index (κ1) is 17.0. The average Bonchev–Trinajstić information content (AvgIpc) is 2.80. The highest BCUT2D eigenvalue weighted by Crippen LogP contribution is 2.17. The van der Waals surface area contributed by atoms with Crippen molar-refractivity contribution in [3.8, 4) is 0 Å². The summed E-state index contributed by atoms with van der Waals surface area (Å²) in [5, 5.41) is 7.51. The number of hydrogen-bond donors (Lipinski definition) is 1. The second-order valence-corrected chi connectivity index (χ2v) is 6.73. The van der Waals surface area contributed by atoms with Crippen molar-refractivity contribution in [1.29, 1.82) is 0 Å². The van der Waals surface area contributed by atoms with Crippen molar-refractivity contribution in [2.24, 2.45) is 7.05 Å². The standard InChI is InChI=1S/C18H31N3O/c1-15-17(14-21(2)20-15)18(22)19-16-12-10-8-6-4-3-5-7-9-11-13-16/h14,16H,3-13H2,1-2H3,(H,19,22). The van der Waals surface area contributed by atoms with Crippen molar-refractivity contribution in [3.05, 3.63) is 17.5 Å². The van der Waals surface area contributed by atoms with Crippen molar-refractivity contribution in [3.63, 3.8) is 0 Å². The molecule has 4 heteroatoms. The van der Waals surface area contributed by atoms with Crippen LogP contribution in [0.4, 0.5) is 0 Å². The fourth-order valence-corrected chi connectivity index (χ4v) is 3.39. The smallest absolute Gasteiger partial charge is 0.254 e. The third-order valence-electron chi connectivity index (χ3n) is 4.70. The van der Waals surface area contributed by atoms with Gasteiger partial charge in [0.15, 0.2) is 0 Å². The van der Waals surface area contributed by atoms with E-state index in [0.29, 0.717) is 11.6 Å². The van der Waals surface area contributed by atoms with Gasteiger partial charge in [0.1, 0.15) is 0 Å². The van der Waals surface area contributed by atoms with Gasteiger partial charge in [0, 0.05) is 19.3 Å². The molecule has 1 N–H and O–H groups in total. The van der Waals surface area contributed by atoms with E-state index in [1.807, 2.05) is 20.2 Å². The third kappa shape index (κ3) is 5.47. The fraction of sp³-hybridized carbons (Fsp3) is 0.778. The molecule has 124 valence electrons. The number of carbonyl (C=O) groups is 1. The molecule has 1 heterocycles. The second-order valence-electron chi connectivity index (χ2n) is 6.73. The Balaban J connectivity index is 1.89. The van der Waals surface area contributed by atoms with E-state index in [9.17, 15) is 4.79 Å². The number of carbonyl (C=O) groups excluding carboxylic acids is 1. The maximum atomic E-state index is 12.5. The molecule has 1 aliphatic carbocycles. The minimum atomic E-state index is 0.0442. The van der Waals surface area contributed by atoms with Crippen LogP contribution in [-0.4, -0.2) is 21.7 Å². The third-order valence-corrected chi connectivity index (χ3v) is 4.70. The lowest BCUT2D eigenvalue weighted by molar-refractivity contribution is 0.0930. The Hall–Kier alpha value is -1.32. The molecular weight excluding hydrogens is 274 g/mol. The Morgan fingerprint density at radius 2 is 1.55 bits per heavy atom. The first-order chi connectivity index (χ1) is 10.7. The summed E-state index contributed by atoms with van der Waals surface area (Å²) in [6.45, 7) is 1.90. The molecule has 0 saturated heterocycles. The van der Waals surface area contributed by atoms with Gasteiger partial charge in [-0.25, -0.2) is 0 Å². The van der Waals surface area contributed by atoms with Crippen LogP contribution in [0.3, 0.4) is 0 Å². The van der Waals surface area contributed by atoms with E-state index in [2.05, 4.69) is 10.4 Å². The number of nitrogens with one attached hydrogen (secondary N) is 1. The highest BCUT2D eigenvalue weighted by atomic mass is 16.1. The van der Waals surface area contributed by atoms with Gasteiger partial charge in [-0.3, -0.25) is 9.48 Å². The van der Waals surface area contributed by atoms with Crippen LogP contribution in [0.2, 0.25) is 0 Å². The van der Waals surface area contributed by atoms with E-state index in [0.717, 1.165) is 18.5 Å². The summed E-state index contributed by atoms with van der Waals surface area (Å²) in [6, 6.07) is 0.325. The number of aromatic nitrogens is 2. The Labute approximate surface area is 134 Å². The maximum absolute atomic E-state index is 12.5. The predicted molar refractivity (Wildman–Crippen MR) is 90.0 cm³/mol. The summed E-state index contributed by atoms with van der Waals surface area (Å²) in [6.07, 6.45) is 16.0. The first-order valence-electron chi connectivity index (χ1n) is 8.98. The molecule has 0 radical (unpaired) electrons. The minimum absolute atomic E-state index is 0.0442. The monoisotopic (exact) mass is 305 g/mol. The van der Waals surface area contributed by atoms with E-state index < -0.39 is 0 Å². The molecule has 1 aromatic heterocycles. The zero-order valence-electron chi connectivity index (χ0n) is 14.2. The van der Waals surface area contributed by atoms with Gasteiger partial charge < -0.3 is 5.32 Å². The van der Waals surface area contributed by atoms with Crippen molar-refractivity contribution in [2.45, 2.75) is 83.6 Å². The average molecular weight is 305 g/mol. The molecule has 2 rings (SSSR count). The Morgan fingerprint density at radius 1 is 1.05 bits per heavy atom. The minimum Gasteiger partial charge on any atom is -0.349 e. The van der Waals surface area contributed by atoms with E-state index in [1.54, 1.807) is 4.68 Å². The lowest BCUT2D eigenvalue weighted by Gasteiger charge is -2.19. The SMILES string of the molecule is Cc1nn(C)cc1C(=O)NC1CCCCCCCCCCC1. The van der Waals surface area contributed by atoms with Gasteiger partial charge in [-0.2, -0.15) is 5.10 Å². The van der Waals surface area contributed by atoms with Crippen LogP contribution in [0.15, 0.2) is 6.20 Å². The summed E-state index contributed by atoms with van der Waals surface area (Å²) in [4.78, 5) is 12.5. The van der Waals surface area contributed by atoms with Crippen LogP contribution in [0.25, 0.3) is 0 Å². The normalized spacial score (nSPS) is 19.2. The molecule has 1 amide bonds.